The van der Waals surface area contributed by atoms with Gasteiger partial charge in [0.25, 0.3) is 0 Å². The molecule has 1 rings (SSSR count). The number of nitrogens with zero attached hydrogens (tertiary/aromatic N) is 1. The Kier molecular flexibility index (Phi) is 10.4. The van der Waals surface area contributed by atoms with Crippen molar-refractivity contribution in [3.8, 4) is 5.75 Å². The van der Waals surface area contributed by atoms with Crippen LogP contribution in [0.3, 0.4) is 0 Å². The zero-order valence-electron chi connectivity index (χ0n) is 17.2. The van der Waals surface area contributed by atoms with E-state index in [4.69, 9.17) is 4.18 Å². The third-order valence-corrected chi connectivity index (χ3v) is 5.67. The van der Waals surface area contributed by atoms with Crippen LogP contribution in [-0.4, -0.2) is 31.0 Å². The van der Waals surface area contributed by atoms with Crippen LogP contribution in [0.25, 0.3) is 0 Å². The van der Waals surface area contributed by atoms with Crippen LogP contribution in [0.5, 0.6) is 5.75 Å². The quantitative estimate of drug-likeness (QED) is 0.351. The minimum absolute atomic E-state index is 0.0773. The van der Waals surface area contributed by atoms with Gasteiger partial charge in [-0.2, -0.15) is 8.42 Å². The van der Waals surface area contributed by atoms with Gasteiger partial charge < -0.3 is 9.08 Å². The Bertz CT molecular complexity index is 671. The molecule has 0 saturated heterocycles. The molecule has 1 amide bonds. The molecular weight excluding hydrogens is 362 g/mol. The highest BCUT2D eigenvalue weighted by molar-refractivity contribution is 7.87. The van der Waals surface area contributed by atoms with Crippen molar-refractivity contribution in [3.05, 3.63) is 29.8 Å². The zero-order chi connectivity index (χ0) is 20.3. The van der Waals surface area contributed by atoms with Crippen LogP contribution in [0.1, 0.15) is 78.2 Å². The van der Waals surface area contributed by atoms with Crippen molar-refractivity contribution in [2.45, 2.75) is 85.2 Å². The molecule has 6 heteroatoms. The monoisotopic (exact) mass is 397 g/mol. The van der Waals surface area contributed by atoms with E-state index in [-0.39, 0.29) is 17.7 Å². The Labute approximate surface area is 165 Å². The topological polar surface area (TPSA) is 63.7 Å². The maximum Gasteiger partial charge on any atom is 0.308 e. The Morgan fingerprint density at radius 1 is 1.07 bits per heavy atom. The lowest BCUT2D eigenvalue weighted by Gasteiger charge is -2.27. The van der Waals surface area contributed by atoms with E-state index in [2.05, 4.69) is 6.92 Å². The molecule has 0 bridgehead atoms. The van der Waals surface area contributed by atoms with Gasteiger partial charge in [-0.15, -0.1) is 0 Å². The molecule has 0 aliphatic heterocycles. The molecule has 154 valence electrons. The number of amides is 1. The molecule has 0 unspecified atom stereocenters. The van der Waals surface area contributed by atoms with Gasteiger partial charge in [0.05, 0.1) is 5.75 Å². The van der Waals surface area contributed by atoms with Gasteiger partial charge in [0.15, 0.2) is 0 Å². The van der Waals surface area contributed by atoms with E-state index in [1.54, 1.807) is 25.1 Å². The van der Waals surface area contributed by atoms with E-state index in [1.165, 1.54) is 25.7 Å². The van der Waals surface area contributed by atoms with Crippen LogP contribution in [0.4, 0.5) is 0 Å². The van der Waals surface area contributed by atoms with E-state index < -0.39 is 10.1 Å². The van der Waals surface area contributed by atoms with Crippen LogP contribution in [-0.2, 0) is 21.5 Å². The molecule has 1 aromatic rings. The highest BCUT2D eigenvalue weighted by Gasteiger charge is 2.17. The average Bonchev–Trinajstić information content (AvgIpc) is 2.62. The summed E-state index contributed by atoms with van der Waals surface area (Å²) in [6.45, 7) is 8.19. The van der Waals surface area contributed by atoms with Crippen molar-refractivity contribution in [2.24, 2.45) is 0 Å². The molecule has 27 heavy (non-hydrogen) atoms. The Hall–Kier alpha value is -1.56. The highest BCUT2D eigenvalue weighted by atomic mass is 32.2. The Morgan fingerprint density at radius 3 is 2.37 bits per heavy atom. The smallest absolute Gasteiger partial charge is 0.308 e. The Morgan fingerprint density at radius 2 is 1.74 bits per heavy atom. The number of unbranched alkanes of at least 4 members (excludes halogenated alkanes) is 5. The van der Waals surface area contributed by atoms with Crippen molar-refractivity contribution in [3.63, 3.8) is 0 Å². The predicted molar refractivity (Wildman–Crippen MR) is 110 cm³/mol. The molecule has 0 radical (unpaired) electrons. The number of hydrogen-bond donors (Lipinski definition) is 0. The van der Waals surface area contributed by atoms with Crippen LogP contribution in [0.15, 0.2) is 24.3 Å². The van der Waals surface area contributed by atoms with Crippen molar-refractivity contribution in [2.75, 3.05) is 5.75 Å². The average molecular weight is 398 g/mol. The zero-order valence-corrected chi connectivity index (χ0v) is 18.1. The lowest BCUT2D eigenvalue weighted by Crippen LogP contribution is -2.36. The molecule has 0 atom stereocenters. The highest BCUT2D eigenvalue weighted by Crippen LogP contribution is 2.19. The molecule has 0 saturated carbocycles. The number of hydrogen-bond acceptors (Lipinski definition) is 4. The number of carbonyl (C=O) groups is 1. The second-order valence-electron chi connectivity index (χ2n) is 7.21. The van der Waals surface area contributed by atoms with E-state index in [9.17, 15) is 13.2 Å². The van der Waals surface area contributed by atoms with Gasteiger partial charge in [-0.3, -0.25) is 4.79 Å². The fourth-order valence-corrected chi connectivity index (χ4v) is 3.37. The SMILES string of the molecule is CCCCCCCCC(=O)N(Cc1cccc(OS(=O)(=O)CC)c1)C(C)C. The van der Waals surface area contributed by atoms with Crippen LogP contribution < -0.4 is 4.18 Å². The first-order chi connectivity index (χ1) is 12.8. The molecular formula is C21H35NO4S. The molecule has 1 aromatic carbocycles. The lowest BCUT2D eigenvalue weighted by molar-refractivity contribution is -0.133. The standard InChI is InChI=1S/C21H35NO4S/c1-5-7-8-9-10-11-15-21(23)22(18(3)4)17-19-13-12-14-20(16-19)26-27(24,25)6-2/h12-14,16,18H,5-11,15,17H2,1-4H3. The van der Waals surface area contributed by atoms with Crippen molar-refractivity contribution < 1.29 is 17.4 Å². The van der Waals surface area contributed by atoms with E-state index in [0.717, 1.165) is 18.4 Å². The minimum Gasteiger partial charge on any atom is -0.382 e. The van der Waals surface area contributed by atoms with Gasteiger partial charge in [-0.1, -0.05) is 51.2 Å². The van der Waals surface area contributed by atoms with Gasteiger partial charge in [0.2, 0.25) is 5.91 Å². The van der Waals surface area contributed by atoms with E-state index in [1.807, 2.05) is 24.8 Å². The van der Waals surface area contributed by atoms with Crippen LogP contribution in [0.2, 0.25) is 0 Å². The maximum absolute atomic E-state index is 12.6. The van der Waals surface area contributed by atoms with Gasteiger partial charge in [-0.25, -0.2) is 0 Å². The third-order valence-electron chi connectivity index (χ3n) is 4.52. The van der Waals surface area contributed by atoms with Gasteiger partial charge in [0.1, 0.15) is 5.75 Å². The molecule has 0 spiro atoms. The number of benzene rings is 1. The number of carbonyl (C=O) groups excluding carboxylic acids is 1. The minimum atomic E-state index is -3.55. The first kappa shape index (κ1) is 23.5. The first-order valence-corrected chi connectivity index (χ1v) is 11.7. The molecule has 0 aliphatic rings. The van der Waals surface area contributed by atoms with Crippen LogP contribution in [0, 0.1) is 0 Å². The van der Waals surface area contributed by atoms with Crippen LogP contribution >= 0.6 is 0 Å². The van der Waals surface area contributed by atoms with Crippen molar-refractivity contribution in [1.82, 2.24) is 4.90 Å². The molecule has 0 N–H and O–H groups in total. The fourth-order valence-electron chi connectivity index (χ4n) is 2.86. The maximum atomic E-state index is 12.6. The summed E-state index contributed by atoms with van der Waals surface area (Å²) in [6.07, 6.45) is 7.49. The summed E-state index contributed by atoms with van der Waals surface area (Å²) in [5.74, 6) is 0.362. The largest absolute Gasteiger partial charge is 0.382 e. The molecule has 0 aromatic heterocycles. The summed E-state index contributed by atoms with van der Waals surface area (Å²) in [4.78, 5) is 14.5. The summed E-state index contributed by atoms with van der Waals surface area (Å²) >= 11 is 0. The number of rotatable bonds is 13. The normalized spacial score (nSPS) is 11.6. The fraction of sp³-hybridized carbons (Fsp3) is 0.667. The second-order valence-corrected chi connectivity index (χ2v) is 9.07. The Balaban J connectivity index is 2.64. The molecule has 0 fully saturated rings. The second kappa shape index (κ2) is 12.0. The van der Waals surface area contributed by atoms with Gasteiger partial charge in [-0.05, 0) is 44.9 Å². The summed E-state index contributed by atoms with van der Waals surface area (Å²) in [7, 11) is -3.55. The van der Waals surface area contributed by atoms with Gasteiger partial charge >= 0.3 is 10.1 Å². The van der Waals surface area contributed by atoms with Crippen molar-refractivity contribution >= 4 is 16.0 Å². The predicted octanol–water partition coefficient (Wildman–Crippen LogP) is 4.90. The molecule has 0 heterocycles. The lowest BCUT2D eigenvalue weighted by atomic mass is 10.1. The molecule has 0 aliphatic carbocycles. The molecule has 5 nitrogen and oxygen atoms in total. The van der Waals surface area contributed by atoms with E-state index >= 15 is 0 Å². The summed E-state index contributed by atoms with van der Waals surface area (Å²) in [5, 5.41) is 0. The van der Waals surface area contributed by atoms with Crippen molar-refractivity contribution in [1.29, 1.82) is 0 Å². The summed E-state index contributed by atoms with van der Waals surface area (Å²) < 4.78 is 28.4. The third kappa shape index (κ3) is 9.27. The first-order valence-electron chi connectivity index (χ1n) is 10.1. The van der Waals surface area contributed by atoms with Gasteiger partial charge in [0, 0.05) is 19.0 Å². The summed E-state index contributed by atoms with van der Waals surface area (Å²) in [6, 6.07) is 7.04. The van der Waals surface area contributed by atoms with E-state index in [0.29, 0.717) is 18.7 Å². The summed E-state index contributed by atoms with van der Waals surface area (Å²) in [5.41, 5.74) is 0.865.